The molecule has 0 aromatic carbocycles. The van der Waals surface area contributed by atoms with Crippen molar-refractivity contribution in [3.8, 4) is 0 Å². The molecule has 0 spiro atoms. The SMILES string of the molecule is Cn1cccnc1=O.O=C(O)/C=C\C(=O)O. The van der Waals surface area contributed by atoms with Crippen LogP contribution in [0.2, 0.25) is 0 Å². The zero-order valence-corrected chi connectivity index (χ0v) is 8.40. The Balaban J connectivity index is 0.000000281. The second-order valence-electron chi connectivity index (χ2n) is 2.52. The highest BCUT2D eigenvalue weighted by Gasteiger charge is 1.88. The lowest BCUT2D eigenvalue weighted by Crippen LogP contribution is -2.17. The molecule has 0 saturated carbocycles. The molecule has 1 aromatic heterocycles. The highest BCUT2D eigenvalue weighted by Crippen LogP contribution is 1.70. The van der Waals surface area contributed by atoms with Crippen LogP contribution in [-0.2, 0) is 16.6 Å². The standard InChI is InChI=1S/C5H6N2O.C4H4O4/c1-7-4-2-3-6-5(7)8;5-3(6)1-2-4(7)8/h2-4H,1H3;1-2H,(H,5,6)(H,7,8)/b;2-1-. The molecule has 0 aliphatic heterocycles. The monoisotopic (exact) mass is 226 g/mol. The summed E-state index contributed by atoms with van der Waals surface area (Å²) in [5.41, 5.74) is -0.215. The van der Waals surface area contributed by atoms with Crippen LogP contribution >= 0.6 is 0 Å². The predicted molar refractivity (Wildman–Crippen MR) is 53.9 cm³/mol. The Hall–Kier alpha value is -2.44. The first-order valence-corrected chi connectivity index (χ1v) is 4.05. The highest BCUT2D eigenvalue weighted by atomic mass is 16.4. The van der Waals surface area contributed by atoms with Crippen LogP contribution in [-0.4, -0.2) is 31.7 Å². The Labute approximate surface area is 90.3 Å². The predicted octanol–water partition coefficient (Wildman–Crippen LogP) is -0.508. The summed E-state index contributed by atoms with van der Waals surface area (Å²) < 4.78 is 1.42. The number of hydrogen-bond donors (Lipinski definition) is 2. The van der Waals surface area contributed by atoms with E-state index in [0.29, 0.717) is 12.2 Å². The maximum Gasteiger partial charge on any atom is 0.347 e. The number of nitrogens with zero attached hydrogens (tertiary/aromatic N) is 2. The van der Waals surface area contributed by atoms with E-state index in [-0.39, 0.29) is 5.69 Å². The lowest BCUT2D eigenvalue weighted by atomic mass is 10.5. The maximum atomic E-state index is 10.5. The van der Waals surface area contributed by atoms with E-state index in [1.807, 2.05) is 0 Å². The minimum absolute atomic E-state index is 0.215. The van der Waals surface area contributed by atoms with Gasteiger partial charge >= 0.3 is 17.6 Å². The van der Waals surface area contributed by atoms with Gasteiger partial charge in [0, 0.05) is 31.6 Å². The van der Waals surface area contributed by atoms with E-state index in [1.54, 1.807) is 19.3 Å². The number of aryl methyl sites for hydroxylation is 1. The van der Waals surface area contributed by atoms with E-state index in [4.69, 9.17) is 10.2 Å². The Morgan fingerprint density at radius 3 is 2.06 bits per heavy atom. The first-order valence-electron chi connectivity index (χ1n) is 4.05. The highest BCUT2D eigenvalue weighted by molar-refractivity contribution is 5.89. The molecule has 0 unspecified atom stereocenters. The first-order chi connectivity index (χ1) is 7.43. The molecule has 0 saturated heterocycles. The van der Waals surface area contributed by atoms with Crippen molar-refractivity contribution in [3.63, 3.8) is 0 Å². The van der Waals surface area contributed by atoms with Gasteiger partial charge in [0.2, 0.25) is 0 Å². The molecule has 2 N–H and O–H groups in total. The average Bonchev–Trinajstić information content (AvgIpc) is 2.20. The van der Waals surface area contributed by atoms with E-state index >= 15 is 0 Å². The molecule has 0 atom stereocenters. The van der Waals surface area contributed by atoms with Gasteiger partial charge in [-0.15, -0.1) is 0 Å². The summed E-state index contributed by atoms with van der Waals surface area (Å²) in [5.74, 6) is -2.51. The quantitative estimate of drug-likeness (QED) is 0.657. The topological polar surface area (TPSA) is 109 Å². The minimum atomic E-state index is -1.26. The van der Waals surface area contributed by atoms with Crippen molar-refractivity contribution in [3.05, 3.63) is 41.1 Å². The van der Waals surface area contributed by atoms with Crippen LogP contribution in [0.15, 0.2) is 35.4 Å². The first kappa shape index (κ1) is 13.6. The lowest BCUT2D eigenvalue weighted by Gasteiger charge is -1.88. The Morgan fingerprint density at radius 2 is 1.81 bits per heavy atom. The van der Waals surface area contributed by atoms with Crippen molar-refractivity contribution < 1.29 is 19.8 Å². The number of rotatable bonds is 2. The van der Waals surface area contributed by atoms with Crippen molar-refractivity contribution >= 4 is 11.9 Å². The summed E-state index contributed by atoms with van der Waals surface area (Å²) in [6, 6.07) is 1.71. The normalized spacial score (nSPS) is 9.31. The second-order valence-corrected chi connectivity index (χ2v) is 2.52. The van der Waals surface area contributed by atoms with E-state index in [9.17, 15) is 14.4 Å². The van der Waals surface area contributed by atoms with Crippen molar-refractivity contribution in [2.45, 2.75) is 0 Å². The Bertz CT molecular complexity index is 433. The summed E-state index contributed by atoms with van der Waals surface area (Å²) in [6.45, 7) is 0. The fourth-order valence-electron chi connectivity index (χ4n) is 0.572. The number of aromatic nitrogens is 2. The second kappa shape index (κ2) is 6.93. The molecule has 1 aromatic rings. The third kappa shape index (κ3) is 7.01. The Kier molecular flexibility index (Phi) is 5.88. The number of carboxylic acids is 2. The van der Waals surface area contributed by atoms with Crippen molar-refractivity contribution in [1.82, 2.24) is 9.55 Å². The van der Waals surface area contributed by atoms with E-state index in [2.05, 4.69) is 4.98 Å². The molecule has 0 bridgehead atoms. The molecule has 7 heteroatoms. The van der Waals surface area contributed by atoms with Gasteiger partial charge in [-0.05, 0) is 6.07 Å². The molecule has 1 rings (SSSR count). The summed E-state index contributed by atoms with van der Waals surface area (Å²) in [6.07, 6.45) is 4.25. The zero-order valence-electron chi connectivity index (χ0n) is 8.40. The molecular weight excluding hydrogens is 216 g/mol. The number of aliphatic carboxylic acids is 2. The molecule has 0 amide bonds. The van der Waals surface area contributed by atoms with E-state index in [0.717, 1.165) is 0 Å². The van der Waals surface area contributed by atoms with Crippen molar-refractivity contribution in [2.24, 2.45) is 7.05 Å². The molecule has 86 valence electrons. The van der Waals surface area contributed by atoms with Crippen LogP contribution in [0.3, 0.4) is 0 Å². The average molecular weight is 226 g/mol. The number of hydrogen-bond acceptors (Lipinski definition) is 4. The fourth-order valence-corrected chi connectivity index (χ4v) is 0.572. The smallest absolute Gasteiger partial charge is 0.347 e. The maximum absolute atomic E-state index is 10.5. The summed E-state index contributed by atoms with van der Waals surface area (Å²) in [7, 11) is 1.66. The van der Waals surface area contributed by atoms with Gasteiger partial charge in [0.05, 0.1) is 0 Å². The lowest BCUT2D eigenvalue weighted by molar-refractivity contribution is -0.134. The van der Waals surface area contributed by atoms with Crippen LogP contribution in [0.1, 0.15) is 0 Å². The van der Waals surface area contributed by atoms with Crippen molar-refractivity contribution in [2.75, 3.05) is 0 Å². The van der Waals surface area contributed by atoms with Crippen LogP contribution in [0.25, 0.3) is 0 Å². The van der Waals surface area contributed by atoms with Gasteiger partial charge < -0.3 is 14.8 Å². The van der Waals surface area contributed by atoms with Gasteiger partial charge in [0.1, 0.15) is 0 Å². The van der Waals surface area contributed by atoms with E-state index in [1.165, 1.54) is 10.8 Å². The number of carboxylic acid groups (broad SMARTS) is 2. The summed E-state index contributed by atoms with van der Waals surface area (Å²) in [4.78, 5) is 33.1. The molecular formula is C9H10N2O5. The van der Waals surface area contributed by atoms with Gasteiger partial charge in [-0.2, -0.15) is 0 Å². The molecule has 0 radical (unpaired) electrons. The molecule has 0 aliphatic carbocycles. The molecule has 0 aliphatic rings. The van der Waals surface area contributed by atoms with Gasteiger partial charge in [0.25, 0.3) is 0 Å². The third-order valence-electron chi connectivity index (χ3n) is 1.25. The summed E-state index contributed by atoms with van der Waals surface area (Å²) in [5, 5.41) is 15.6. The van der Waals surface area contributed by atoms with Gasteiger partial charge in [-0.25, -0.2) is 19.4 Å². The van der Waals surface area contributed by atoms with Crippen LogP contribution in [0, 0.1) is 0 Å². The summed E-state index contributed by atoms with van der Waals surface area (Å²) >= 11 is 0. The molecule has 1 heterocycles. The van der Waals surface area contributed by atoms with Crippen molar-refractivity contribution in [1.29, 1.82) is 0 Å². The van der Waals surface area contributed by atoms with Gasteiger partial charge in [0.15, 0.2) is 0 Å². The largest absolute Gasteiger partial charge is 0.478 e. The van der Waals surface area contributed by atoms with Crippen LogP contribution < -0.4 is 5.69 Å². The number of carbonyl (C=O) groups is 2. The minimum Gasteiger partial charge on any atom is -0.478 e. The Morgan fingerprint density at radius 1 is 1.31 bits per heavy atom. The zero-order chi connectivity index (χ0) is 12.6. The molecule has 16 heavy (non-hydrogen) atoms. The molecule has 7 nitrogen and oxygen atoms in total. The van der Waals surface area contributed by atoms with E-state index < -0.39 is 11.9 Å². The molecule has 0 fully saturated rings. The fraction of sp³-hybridized carbons (Fsp3) is 0.111. The van der Waals surface area contributed by atoms with Crippen LogP contribution in [0.5, 0.6) is 0 Å². The van der Waals surface area contributed by atoms with Gasteiger partial charge in [-0.3, -0.25) is 0 Å². The van der Waals surface area contributed by atoms with Crippen LogP contribution in [0.4, 0.5) is 0 Å². The van der Waals surface area contributed by atoms with Gasteiger partial charge in [-0.1, -0.05) is 0 Å². The third-order valence-corrected chi connectivity index (χ3v) is 1.25.